The lowest BCUT2D eigenvalue weighted by Gasteiger charge is -2.24. The average molecular weight is 382 g/mol. The number of anilines is 2. The summed E-state index contributed by atoms with van der Waals surface area (Å²) in [6.45, 7) is 8.19. The lowest BCUT2D eigenvalue weighted by Crippen LogP contribution is -2.32. The molecule has 3 rings (SSSR count). The number of hydrogen-bond acceptors (Lipinski definition) is 7. The van der Waals surface area contributed by atoms with Crippen molar-refractivity contribution in [3.8, 4) is 0 Å². The molecule has 1 atom stereocenters. The van der Waals surface area contributed by atoms with E-state index in [1.165, 1.54) is 11.8 Å². The minimum Gasteiger partial charge on any atom is -0.372 e. The van der Waals surface area contributed by atoms with Crippen molar-refractivity contribution >= 4 is 22.7 Å². The van der Waals surface area contributed by atoms with Crippen LogP contribution >= 0.6 is 0 Å². The molecule has 0 aromatic heterocycles. The number of non-ortho nitro benzene ring substituents is 1. The summed E-state index contributed by atoms with van der Waals surface area (Å²) in [7, 11) is 3.80. The summed E-state index contributed by atoms with van der Waals surface area (Å²) in [6.07, 6.45) is -0.401. The highest BCUT2D eigenvalue weighted by atomic mass is 16.6. The van der Waals surface area contributed by atoms with Crippen LogP contribution in [0.5, 0.6) is 0 Å². The summed E-state index contributed by atoms with van der Waals surface area (Å²) in [6, 6.07) is 11.0. The zero-order chi connectivity index (χ0) is 20.4. The third kappa shape index (κ3) is 3.55. The molecule has 2 aromatic rings. The number of aryl methyl sites for hydroxylation is 1. The van der Waals surface area contributed by atoms with Crippen LogP contribution in [-0.2, 0) is 0 Å². The summed E-state index contributed by atoms with van der Waals surface area (Å²) in [5.74, 6) is 0. The highest BCUT2D eigenvalue weighted by Gasteiger charge is 2.33. The van der Waals surface area contributed by atoms with E-state index < -0.39 is 6.17 Å². The molecule has 0 spiro atoms. The summed E-state index contributed by atoms with van der Waals surface area (Å²) in [4.78, 5) is 13.0. The van der Waals surface area contributed by atoms with Crippen molar-refractivity contribution in [1.29, 1.82) is 0 Å². The van der Waals surface area contributed by atoms with Crippen LogP contribution in [0.25, 0.3) is 0 Å². The summed E-state index contributed by atoms with van der Waals surface area (Å²) in [5, 5.41) is 24.0. The first kappa shape index (κ1) is 19.8. The van der Waals surface area contributed by atoms with Gasteiger partial charge in [-0.15, -0.1) is 0 Å². The number of azo groups is 1. The minimum absolute atomic E-state index is 0.0578. The molecule has 28 heavy (non-hydrogen) atoms. The Balaban J connectivity index is 1.91. The molecule has 0 saturated carbocycles. The quantitative estimate of drug-likeness (QED) is 0.406. The van der Waals surface area contributed by atoms with Crippen LogP contribution in [0.1, 0.15) is 31.1 Å². The molecule has 148 valence electrons. The number of fused-ring (bicyclic) bond motifs is 1. The smallest absolute Gasteiger partial charge is 0.269 e. The molecule has 0 radical (unpaired) electrons. The van der Waals surface area contributed by atoms with E-state index in [4.69, 9.17) is 0 Å². The Hall–Kier alpha value is -3.00. The Morgan fingerprint density at radius 2 is 1.86 bits per heavy atom. The van der Waals surface area contributed by atoms with E-state index in [0.29, 0.717) is 0 Å². The van der Waals surface area contributed by atoms with Gasteiger partial charge in [-0.3, -0.25) is 10.1 Å². The molecule has 1 aliphatic rings. The number of nitrogens with zero attached hydrogens (tertiary/aromatic N) is 6. The van der Waals surface area contributed by atoms with Gasteiger partial charge in [0, 0.05) is 50.6 Å². The first-order valence-electron chi connectivity index (χ1n) is 9.38. The van der Waals surface area contributed by atoms with Crippen LogP contribution in [0, 0.1) is 17.0 Å². The monoisotopic (exact) mass is 382 g/mol. The van der Waals surface area contributed by atoms with E-state index >= 15 is 0 Å². The van der Waals surface area contributed by atoms with Gasteiger partial charge in [0.15, 0.2) is 6.17 Å². The summed E-state index contributed by atoms with van der Waals surface area (Å²) >= 11 is 0. The maximum absolute atomic E-state index is 11.2. The van der Waals surface area contributed by atoms with Crippen LogP contribution in [-0.4, -0.2) is 37.1 Å². The Morgan fingerprint density at radius 1 is 1.14 bits per heavy atom. The molecule has 2 aromatic carbocycles. The van der Waals surface area contributed by atoms with Gasteiger partial charge >= 0.3 is 0 Å². The SMILES string of the molecule is CCN(CC)c1ccc(N=NC2c3cc([N+](=O)[O-])ccc3N(C)N2C)c(C)c1. The van der Waals surface area contributed by atoms with Crippen LogP contribution in [0.2, 0.25) is 0 Å². The fourth-order valence-electron chi connectivity index (χ4n) is 3.48. The molecule has 1 unspecified atom stereocenters. The number of hydrogen-bond donors (Lipinski definition) is 0. The number of nitro benzene ring substituents is 1. The second-order valence-electron chi connectivity index (χ2n) is 6.83. The van der Waals surface area contributed by atoms with E-state index in [-0.39, 0.29) is 10.6 Å². The van der Waals surface area contributed by atoms with Crippen LogP contribution in [0.3, 0.4) is 0 Å². The largest absolute Gasteiger partial charge is 0.372 e. The number of benzene rings is 2. The predicted octanol–water partition coefficient (Wildman–Crippen LogP) is 4.83. The van der Waals surface area contributed by atoms with E-state index in [9.17, 15) is 10.1 Å². The third-order valence-electron chi connectivity index (χ3n) is 5.26. The van der Waals surface area contributed by atoms with Gasteiger partial charge in [0.05, 0.1) is 16.3 Å². The molecule has 0 aliphatic carbocycles. The number of hydrazine groups is 1. The highest BCUT2D eigenvalue weighted by Crippen LogP contribution is 2.41. The Labute approximate surface area is 165 Å². The van der Waals surface area contributed by atoms with Crippen LogP contribution in [0.15, 0.2) is 46.6 Å². The van der Waals surface area contributed by atoms with Gasteiger partial charge in [-0.2, -0.15) is 15.2 Å². The fourth-order valence-corrected chi connectivity index (χ4v) is 3.48. The Morgan fingerprint density at radius 3 is 2.46 bits per heavy atom. The second kappa shape index (κ2) is 7.93. The van der Waals surface area contributed by atoms with Gasteiger partial charge in [0.25, 0.3) is 5.69 Å². The first-order valence-corrected chi connectivity index (χ1v) is 9.38. The van der Waals surface area contributed by atoms with Crippen LogP contribution in [0.4, 0.5) is 22.7 Å². The van der Waals surface area contributed by atoms with Gasteiger partial charge in [-0.05, 0) is 50.6 Å². The van der Waals surface area contributed by atoms with Gasteiger partial charge < -0.3 is 9.91 Å². The number of rotatable bonds is 6. The van der Waals surface area contributed by atoms with Crippen molar-refractivity contribution < 1.29 is 4.92 Å². The van der Waals surface area contributed by atoms with Gasteiger partial charge in [-0.25, -0.2) is 0 Å². The molecule has 1 heterocycles. The van der Waals surface area contributed by atoms with Crippen molar-refractivity contribution in [3.05, 3.63) is 57.6 Å². The van der Waals surface area contributed by atoms with Gasteiger partial charge in [0.1, 0.15) is 0 Å². The van der Waals surface area contributed by atoms with Crippen LogP contribution < -0.4 is 9.91 Å². The van der Waals surface area contributed by atoms with Gasteiger partial charge in [0.2, 0.25) is 0 Å². The zero-order valence-electron chi connectivity index (χ0n) is 17.0. The molecule has 0 bridgehead atoms. The summed E-state index contributed by atoms with van der Waals surface area (Å²) < 4.78 is 0. The van der Waals surface area contributed by atoms with E-state index in [0.717, 1.165) is 35.6 Å². The van der Waals surface area contributed by atoms with Gasteiger partial charge in [-0.1, -0.05) is 0 Å². The van der Waals surface area contributed by atoms with E-state index in [2.05, 4.69) is 41.1 Å². The zero-order valence-corrected chi connectivity index (χ0v) is 17.0. The van der Waals surface area contributed by atoms with Crippen molar-refractivity contribution in [2.75, 3.05) is 37.1 Å². The fraction of sp³-hybridized carbons (Fsp3) is 0.400. The average Bonchev–Trinajstić information content (AvgIpc) is 2.92. The first-order chi connectivity index (χ1) is 13.4. The lowest BCUT2D eigenvalue weighted by atomic mass is 10.1. The second-order valence-corrected chi connectivity index (χ2v) is 6.83. The maximum Gasteiger partial charge on any atom is 0.269 e. The predicted molar refractivity (Wildman–Crippen MR) is 111 cm³/mol. The molecule has 8 nitrogen and oxygen atoms in total. The van der Waals surface area contributed by atoms with Crippen molar-refractivity contribution in [2.24, 2.45) is 10.2 Å². The molecular formula is C20H26N6O2. The topological polar surface area (TPSA) is 77.6 Å². The molecule has 0 N–H and O–H groups in total. The lowest BCUT2D eigenvalue weighted by molar-refractivity contribution is -0.384. The molecule has 8 heteroatoms. The highest BCUT2D eigenvalue weighted by molar-refractivity contribution is 5.61. The normalized spacial score (nSPS) is 16.6. The standard InChI is InChI=1S/C20H26N6O2/c1-6-25(7-2)15-8-10-18(14(3)12-15)21-22-20-17-13-16(26(27)28)9-11-19(17)23(4)24(20)5/h8-13,20H,6-7H2,1-5H3. The summed E-state index contributed by atoms with van der Waals surface area (Å²) in [5.41, 5.74) is 4.74. The molecule has 0 fully saturated rings. The van der Waals surface area contributed by atoms with Crippen molar-refractivity contribution in [2.45, 2.75) is 26.9 Å². The van der Waals surface area contributed by atoms with Crippen molar-refractivity contribution in [3.63, 3.8) is 0 Å². The van der Waals surface area contributed by atoms with Crippen molar-refractivity contribution in [1.82, 2.24) is 5.01 Å². The minimum atomic E-state index is -0.401. The molecular weight excluding hydrogens is 356 g/mol. The maximum atomic E-state index is 11.2. The Kier molecular flexibility index (Phi) is 5.60. The molecule has 0 saturated heterocycles. The third-order valence-corrected chi connectivity index (χ3v) is 5.26. The van der Waals surface area contributed by atoms with E-state index in [1.54, 1.807) is 12.1 Å². The Bertz CT molecular complexity index is 910. The molecule has 1 aliphatic heterocycles. The molecule has 0 amide bonds. The van der Waals surface area contributed by atoms with E-state index in [1.807, 2.05) is 37.1 Å². The number of nitro groups is 1.